The third-order valence-electron chi connectivity index (χ3n) is 7.93. The van der Waals surface area contributed by atoms with E-state index in [9.17, 15) is 0 Å². The van der Waals surface area contributed by atoms with Crippen molar-refractivity contribution >= 4 is 38.5 Å². The molecule has 162 valence electrons. The van der Waals surface area contributed by atoms with E-state index in [4.69, 9.17) is 9.97 Å². The van der Waals surface area contributed by atoms with E-state index in [2.05, 4.69) is 64.0 Å². The van der Waals surface area contributed by atoms with Crippen molar-refractivity contribution in [2.45, 2.75) is 12.8 Å². The number of fused-ring (bicyclic) bond motifs is 15. The highest BCUT2D eigenvalue weighted by molar-refractivity contribution is 6.15. The molecule has 9 rings (SSSR count). The third kappa shape index (κ3) is 2.15. The van der Waals surface area contributed by atoms with E-state index in [1.165, 1.54) is 55.3 Å². The molecule has 0 saturated heterocycles. The van der Waals surface area contributed by atoms with Gasteiger partial charge in [0.1, 0.15) is 16.8 Å². The van der Waals surface area contributed by atoms with Crippen LogP contribution in [-0.2, 0) is 12.8 Å². The summed E-state index contributed by atoms with van der Waals surface area (Å²) in [6, 6.07) is 24.6. The molecule has 0 spiro atoms. The third-order valence-corrected chi connectivity index (χ3v) is 7.93. The van der Waals surface area contributed by atoms with Crippen LogP contribution >= 0.6 is 0 Å². The molecule has 3 aromatic carbocycles. The molecular formula is C31H18N4. The average molecular weight is 447 g/mol. The number of hydrogen-bond donors (Lipinski definition) is 0. The molecule has 0 radical (unpaired) electrons. The van der Waals surface area contributed by atoms with Gasteiger partial charge in [0.25, 0.3) is 0 Å². The molecule has 35 heavy (non-hydrogen) atoms. The summed E-state index contributed by atoms with van der Waals surface area (Å²) in [5.74, 6) is 0. The first-order chi connectivity index (χ1) is 17.3. The zero-order chi connectivity index (χ0) is 22.7. The van der Waals surface area contributed by atoms with Gasteiger partial charge in [-0.15, -0.1) is 0 Å². The SMILES string of the molecule is c1ccc2c(c1)Cc1ccc3c(c1-2)-c1cc2c4cccnc4n4c5ccncc5nc4c2cc1C3. The Kier molecular flexibility index (Phi) is 3.11. The van der Waals surface area contributed by atoms with Crippen LogP contribution in [0.25, 0.3) is 60.7 Å². The lowest BCUT2D eigenvalue weighted by Crippen LogP contribution is -1.95. The highest BCUT2D eigenvalue weighted by Crippen LogP contribution is 2.50. The maximum absolute atomic E-state index is 5.02. The van der Waals surface area contributed by atoms with Crippen molar-refractivity contribution in [1.82, 2.24) is 19.4 Å². The summed E-state index contributed by atoms with van der Waals surface area (Å²) in [6.07, 6.45) is 7.51. The fraction of sp³-hybridized carbons (Fsp3) is 0.0645. The van der Waals surface area contributed by atoms with Crippen LogP contribution in [0.2, 0.25) is 0 Å². The Morgan fingerprint density at radius 1 is 0.629 bits per heavy atom. The van der Waals surface area contributed by atoms with Crippen LogP contribution in [0, 0.1) is 0 Å². The fourth-order valence-corrected chi connectivity index (χ4v) is 6.47. The minimum atomic E-state index is 0.894. The Bertz CT molecular complexity index is 2070. The quantitative estimate of drug-likeness (QED) is 0.243. The van der Waals surface area contributed by atoms with Gasteiger partial charge in [0, 0.05) is 23.2 Å². The highest BCUT2D eigenvalue weighted by Gasteiger charge is 2.29. The summed E-state index contributed by atoms with van der Waals surface area (Å²) < 4.78 is 2.19. The van der Waals surface area contributed by atoms with Gasteiger partial charge in [-0.2, -0.15) is 0 Å². The van der Waals surface area contributed by atoms with Gasteiger partial charge in [0.15, 0.2) is 0 Å². The second-order valence-corrected chi connectivity index (χ2v) is 9.71. The van der Waals surface area contributed by atoms with E-state index in [-0.39, 0.29) is 0 Å². The van der Waals surface area contributed by atoms with Gasteiger partial charge in [-0.3, -0.25) is 9.38 Å². The van der Waals surface area contributed by atoms with Gasteiger partial charge in [0.05, 0.1) is 11.7 Å². The summed E-state index contributed by atoms with van der Waals surface area (Å²) in [7, 11) is 0. The van der Waals surface area contributed by atoms with E-state index in [1.54, 1.807) is 0 Å². The van der Waals surface area contributed by atoms with E-state index < -0.39 is 0 Å². The van der Waals surface area contributed by atoms with E-state index in [0.29, 0.717) is 0 Å². The topological polar surface area (TPSA) is 43.1 Å². The van der Waals surface area contributed by atoms with Crippen LogP contribution < -0.4 is 0 Å². The molecule has 2 aliphatic carbocycles. The van der Waals surface area contributed by atoms with Crippen molar-refractivity contribution < 1.29 is 0 Å². The van der Waals surface area contributed by atoms with E-state index >= 15 is 0 Å². The Balaban J connectivity index is 1.44. The number of nitrogens with zero attached hydrogens (tertiary/aromatic N) is 4. The van der Waals surface area contributed by atoms with Gasteiger partial charge in [0.2, 0.25) is 0 Å². The Morgan fingerprint density at radius 2 is 1.49 bits per heavy atom. The lowest BCUT2D eigenvalue weighted by Gasteiger charge is -2.13. The normalized spacial score (nSPS) is 13.5. The Labute approximate surface area is 200 Å². The first-order valence-electron chi connectivity index (χ1n) is 12.0. The summed E-state index contributed by atoms with van der Waals surface area (Å²) >= 11 is 0. The largest absolute Gasteiger partial charge is 0.276 e. The number of rotatable bonds is 0. The van der Waals surface area contributed by atoms with Crippen LogP contribution in [-0.4, -0.2) is 19.4 Å². The zero-order valence-corrected chi connectivity index (χ0v) is 18.8. The number of pyridine rings is 3. The zero-order valence-electron chi connectivity index (χ0n) is 18.8. The molecule has 0 atom stereocenters. The molecule has 0 fully saturated rings. The second-order valence-electron chi connectivity index (χ2n) is 9.71. The van der Waals surface area contributed by atoms with Gasteiger partial charge in [-0.05, 0) is 93.1 Å². The molecule has 0 bridgehead atoms. The summed E-state index contributed by atoms with van der Waals surface area (Å²) in [6.45, 7) is 0. The number of imidazole rings is 1. The molecule has 0 unspecified atom stereocenters. The van der Waals surface area contributed by atoms with Crippen molar-refractivity contribution in [3.05, 3.63) is 108 Å². The van der Waals surface area contributed by atoms with Crippen molar-refractivity contribution in [2.24, 2.45) is 0 Å². The van der Waals surface area contributed by atoms with E-state index in [1.807, 2.05) is 30.7 Å². The molecule has 0 saturated carbocycles. The summed E-state index contributed by atoms with van der Waals surface area (Å²) in [4.78, 5) is 14.1. The van der Waals surface area contributed by atoms with Crippen molar-refractivity contribution in [3.8, 4) is 22.3 Å². The summed E-state index contributed by atoms with van der Waals surface area (Å²) in [5, 5.41) is 3.53. The first kappa shape index (κ1) is 17.8. The first-order valence-corrected chi connectivity index (χ1v) is 12.0. The molecule has 4 nitrogen and oxygen atoms in total. The average Bonchev–Trinajstić information content (AvgIpc) is 3.58. The maximum Gasteiger partial charge on any atom is 0.147 e. The Morgan fingerprint density at radius 3 is 2.43 bits per heavy atom. The van der Waals surface area contributed by atoms with Gasteiger partial charge in [-0.25, -0.2) is 9.97 Å². The predicted octanol–water partition coefficient (Wildman–Crippen LogP) is 6.73. The smallest absolute Gasteiger partial charge is 0.147 e. The Hall–Kier alpha value is -4.57. The van der Waals surface area contributed by atoms with Crippen LogP contribution in [0.4, 0.5) is 0 Å². The second kappa shape index (κ2) is 6.10. The minimum absolute atomic E-state index is 0.894. The van der Waals surface area contributed by atoms with Gasteiger partial charge in [-0.1, -0.05) is 36.4 Å². The molecule has 7 aromatic rings. The number of hydrogen-bond acceptors (Lipinski definition) is 3. The minimum Gasteiger partial charge on any atom is -0.276 e. The molecular weight excluding hydrogens is 428 g/mol. The van der Waals surface area contributed by atoms with Gasteiger partial charge >= 0.3 is 0 Å². The standard InChI is InChI=1S/C31H18N4/c1-2-5-21-17(4-1)12-18-7-8-19-13-20-14-25-24(15-23(20)29(19)28(18)21)22-6-3-10-33-30(22)35-27-9-11-32-16-26(27)34-31(25)35/h1-11,14-16H,12-13H2. The van der Waals surface area contributed by atoms with Crippen LogP contribution in [0.3, 0.4) is 0 Å². The maximum atomic E-state index is 5.02. The van der Waals surface area contributed by atoms with Crippen LogP contribution in [0.1, 0.15) is 22.3 Å². The van der Waals surface area contributed by atoms with Crippen molar-refractivity contribution in [3.63, 3.8) is 0 Å². The highest BCUT2D eigenvalue weighted by atomic mass is 15.1. The number of aromatic nitrogens is 4. The lowest BCUT2D eigenvalue weighted by atomic mass is 9.92. The molecule has 2 aliphatic rings. The molecule has 4 aromatic heterocycles. The predicted molar refractivity (Wildman–Crippen MR) is 140 cm³/mol. The molecule has 4 heterocycles. The molecule has 0 aliphatic heterocycles. The fourth-order valence-electron chi connectivity index (χ4n) is 6.47. The molecule has 0 N–H and O–H groups in total. The van der Waals surface area contributed by atoms with E-state index in [0.717, 1.165) is 40.6 Å². The summed E-state index contributed by atoms with van der Waals surface area (Å²) in [5.41, 5.74) is 15.1. The lowest BCUT2D eigenvalue weighted by molar-refractivity contribution is 1.22. The monoisotopic (exact) mass is 446 g/mol. The molecule has 0 amide bonds. The molecule has 4 heteroatoms. The van der Waals surface area contributed by atoms with Gasteiger partial charge < -0.3 is 0 Å². The van der Waals surface area contributed by atoms with Crippen molar-refractivity contribution in [2.75, 3.05) is 0 Å². The van der Waals surface area contributed by atoms with Crippen LogP contribution in [0.5, 0.6) is 0 Å². The number of benzene rings is 3. The van der Waals surface area contributed by atoms with Crippen LogP contribution in [0.15, 0.2) is 85.3 Å². The van der Waals surface area contributed by atoms with Crippen molar-refractivity contribution in [1.29, 1.82) is 0 Å².